The molecule has 0 aliphatic heterocycles. The number of nitrogens with zero attached hydrogens (tertiary/aromatic N) is 2. The lowest BCUT2D eigenvalue weighted by molar-refractivity contribution is -0.111. The van der Waals surface area contributed by atoms with Gasteiger partial charge in [0.2, 0.25) is 5.91 Å². The van der Waals surface area contributed by atoms with E-state index >= 15 is 0 Å². The summed E-state index contributed by atoms with van der Waals surface area (Å²) in [6, 6.07) is 13.5. The first-order valence-electron chi connectivity index (χ1n) is 7.60. The van der Waals surface area contributed by atoms with Gasteiger partial charge in [0.15, 0.2) is 5.16 Å². The molecule has 1 amide bonds. The van der Waals surface area contributed by atoms with Gasteiger partial charge in [-0.3, -0.25) is 4.79 Å². The van der Waals surface area contributed by atoms with Gasteiger partial charge >= 0.3 is 0 Å². The molecule has 0 radical (unpaired) electrons. The third-order valence-corrected chi connectivity index (χ3v) is 4.57. The standard InChI is InChI=1S/C19H16FN3OS/c1-23-13-12-21-19(23)25-17-5-3-2-4-16(17)22-18(24)11-8-14-6-9-15(20)10-7-14/h2-13H,1H3,(H,22,24)/b11-8+. The maximum atomic E-state index is 12.9. The summed E-state index contributed by atoms with van der Waals surface area (Å²) in [5, 5.41) is 3.70. The van der Waals surface area contributed by atoms with Gasteiger partial charge in [0, 0.05) is 30.4 Å². The van der Waals surface area contributed by atoms with Crippen molar-refractivity contribution in [2.24, 2.45) is 7.05 Å². The Labute approximate surface area is 149 Å². The van der Waals surface area contributed by atoms with Crippen molar-refractivity contribution in [2.75, 3.05) is 5.32 Å². The average Bonchev–Trinajstić information content (AvgIpc) is 3.01. The number of halogens is 1. The minimum Gasteiger partial charge on any atom is -0.329 e. The topological polar surface area (TPSA) is 46.9 Å². The molecule has 1 heterocycles. The summed E-state index contributed by atoms with van der Waals surface area (Å²) in [7, 11) is 1.92. The molecule has 3 rings (SSSR count). The van der Waals surface area contributed by atoms with E-state index in [1.54, 1.807) is 24.4 Å². The molecule has 0 unspecified atom stereocenters. The number of aryl methyl sites for hydroxylation is 1. The maximum absolute atomic E-state index is 12.9. The third-order valence-electron chi connectivity index (χ3n) is 3.42. The van der Waals surface area contributed by atoms with E-state index in [9.17, 15) is 9.18 Å². The smallest absolute Gasteiger partial charge is 0.248 e. The van der Waals surface area contributed by atoms with E-state index in [-0.39, 0.29) is 11.7 Å². The van der Waals surface area contributed by atoms with Crippen LogP contribution in [0.1, 0.15) is 5.56 Å². The van der Waals surface area contributed by atoms with Crippen molar-refractivity contribution in [1.29, 1.82) is 0 Å². The summed E-state index contributed by atoms with van der Waals surface area (Å²) in [5.74, 6) is -0.556. The van der Waals surface area contributed by atoms with E-state index in [0.29, 0.717) is 5.69 Å². The zero-order valence-electron chi connectivity index (χ0n) is 13.5. The van der Waals surface area contributed by atoms with Gasteiger partial charge in [-0.15, -0.1) is 0 Å². The number of imidazole rings is 1. The maximum Gasteiger partial charge on any atom is 0.248 e. The van der Waals surface area contributed by atoms with Crippen molar-refractivity contribution >= 4 is 29.4 Å². The first kappa shape index (κ1) is 17.0. The third kappa shape index (κ3) is 4.58. The van der Waals surface area contributed by atoms with E-state index in [1.807, 2.05) is 42.1 Å². The van der Waals surface area contributed by atoms with Crippen LogP contribution in [0.3, 0.4) is 0 Å². The Morgan fingerprint density at radius 1 is 1.20 bits per heavy atom. The van der Waals surface area contributed by atoms with E-state index in [0.717, 1.165) is 15.6 Å². The monoisotopic (exact) mass is 353 g/mol. The molecule has 0 fully saturated rings. The molecule has 3 aromatic rings. The largest absolute Gasteiger partial charge is 0.329 e. The normalized spacial score (nSPS) is 11.0. The van der Waals surface area contributed by atoms with Gasteiger partial charge in [-0.25, -0.2) is 9.37 Å². The lowest BCUT2D eigenvalue weighted by Crippen LogP contribution is -2.08. The minimum absolute atomic E-state index is 0.253. The Balaban J connectivity index is 1.71. The van der Waals surface area contributed by atoms with Crippen molar-refractivity contribution in [1.82, 2.24) is 9.55 Å². The Bertz CT molecular complexity index is 903. The molecule has 0 atom stereocenters. The van der Waals surface area contributed by atoms with Gasteiger partial charge in [0.1, 0.15) is 5.82 Å². The van der Waals surface area contributed by atoms with Crippen molar-refractivity contribution in [2.45, 2.75) is 10.1 Å². The van der Waals surface area contributed by atoms with Crippen LogP contribution in [-0.2, 0) is 11.8 Å². The molecule has 0 spiro atoms. The lowest BCUT2D eigenvalue weighted by atomic mass is 10.2. The summed E-state index contributed by atoms with van der Waals surface area (Å²) >= 11 is 1.48. The number of hydrogen-bond acceptors (Lipinski definition) is 3. The number of carbonyl (C=O) groups excluding carboxylic acids is 1. The van der Waals surface area contributed by atoms with Crippen molar-refractivity contribution in [3.63, 3.8) is 0 Å². The molecule has 0 bridgehead atoms. The molecule has 2 aromatic carbocycles. The molecule has 0 aliphatic carbocycles. The minimum atomic E-state index is -0.304. The highest BCUT2D eigenvalue weighted by Gasteiger charge is 2.08. The number of anilines is 1. The second-order valence-electron chi connectivity index (χ2n) is 5.29. The Morgan fingerprint density at radius 3 is 2.68 bits per heavy atom. The Morgan fingerprint density at radius 2 is 1.96 bits per heavy atom. The van der Waals surface area contributed by atoms with Gasteiger partial charge in [0.25, 0.3) is 0 Å². The summed E-state index contributed by atoms with van der Waals surface area (Å²) in [6.07, 6.45) is 6.67. The lowest BCUT2D eigenvalue weighted by Gasteiger charge is -2.09. The number of carbonyl (C=O) groups is 1. The molecule has 0 saturated heterocycles. The van der Waals surface area contributed by atoms with E-state index in [4.69, 9.17) is 0 Å². The van der Waals surface area contributed by atoms with Crippen LogP contribution in [0.25, 0.3) is 6.08 Å². The zero-order valence-corrected chi connectivity index (χ0v) is 14.3. The fraction of sp³-hybridized carbons (Fsp3) is 0.0526. The molecule has 0 aliphatic rings. The highest BCUT2D eigenvalue weighted by atomic mass is 32.2. The number of rotatable bonds is 5. The van der Waals surface area contributed by atoms with Gasteiger partial charge in [0.05, 0.1) is 5.69 Å². The summed E-state index contributed by atoms with van der Waals surface area (Å²) in [5.41, 5.74) is 1.47. The van der Waals surface area contributed by atoms with E-state index < -0.39 is 0 Å². The summed E-state index contributed by atoms with van der Waals surface area (Å²) in [4.78, 5) is 17.4. The summed E-state index contributed by atoms with van der Waals surface area (Å²) < 4.78 is 14.8. The van der Waals surface area contributed by atoms with E-state index in [1.165, 1.54) is 30.0 Å². The molecule has 4 nitrogen and oxygen atoms in total. The predicted molar refractivity (Wildman–Crippen MR) is 97.8 cm³/mol. The second-order valence-corrected chi connectivity index (χ2v) is 6.30. The van der Waals surface area contributed by atoms with Crippen molar-refractivity contribution in [3.8, 4) is 0 Å². The molecule has 1 aromatic heterocycles. The van der Waals surface area contributed by atoms with Crippen LogP contribution in [0.5, 0.6) is 0 Å². The molecule has 126 valence electrons. The highest BCUT2D eigenvalue weighted by Crippen LogP contribution is 2.32. The SMILES string of the molecule is Cn1ccnc1Sc1ccccc1NC(=O)/C=C/c1ccc(F)cc1. The molecular formula is C19H16FN3OS. The fourth-order valence-corrected chi connectivity index (χ4v) is 3.02. The van der Waals surface area contributed by atoms with Crippen LogP contribution >= 0.6 is 11.8 Å². The van der Waals surface area contributed by atoms with Crippen molar-refractivity contribution in [3.05, 3.63) is 78.4 Å². The predicted octanol–water partition coefficient (Wildman–Crippen LogP) is 4.36. The van der Waals surface area contributed by atoms with Crippen LogP contribution in [0.15, 0.2) is 77.1 Å². The average molecular weight is 353 g/mol. The van der Waals surface area contributed by atoms with Gasteiger partial charge in [-0.2, -0.15) is 0 Å². The number of benzene rings is 2. The second kappa shape index (κ2) is 7.81. The first-order valence-corrected chi connectivity index (χ1v) is 8.42. The Hall–Kier alpha value is -2.86. The van der Waals surface area contributed by atoms with Crippen molar-refractivity contribution < 1.29 is 9.18 Å². The van der Waals surface area contributed by atoms with E-state index in [2.05, 4.69) is 10.3 Å². The number of hydrogen-bond donors (Lipinski definition) is 1. The summed E-state index contributed by atoms with van der Waals surface area (Å²) in [6.45, 7) is 0. The number of nitrogens with one attached hydrogen (secondary N) is 1. The number of aromatic nitrogens is 2. The first-order chi connectivity index (χ1) is 12.1. The highest BCUT2D eigenvalue weighted by molar-refractivity contribution is 7.99. The van der Waals surface area contributed by atoms with Crippen LogP contribution in [0.4, 0.5) is 10.1 Å². The van der Waals surface area contributed by atoms with Crippen LogP contribution in [0, 0.1) is 5.82 Å². The van der Waals surface area contributed by atoms with Crippen LogP contribution < -0.4 is 5.32 Å². The quantitative estimate of drug-likeness (QED) is 0.693. The van der Waals surface area contributed by atoms with Crippen LogP contribution in [0.2, 0.25) is 0 Å². The molecule has 6 heteroatoms. The van der Waals surface area contributed by atoms with Gasteiger partial charge in [-0.05, 0) is 47.7 Å². The number of para-hydroxylation sites is 1. The Kier molecular flexibility index (Phi) is 5.30. The molecule has 1 N–H and O–H groups in total. The van der Waals surface area contributed by atoms with Gasteiger partial charge < -0.3 is 9.88 Å². The zero-order chi connectivity index (χ0) is 17.6. The molecule has 0 saturated carbocycles. The fourth-order valence-electron chi connectivity index (χ4n) is 2.13. The van der Waals surface area contributed by atoms with Gasteiger partial charge in [-0.1, -0.05) is 24.3 Å². The molecule has 25 heavy (non-hydrogen) atoms. The number of amides is 1. The van der Waals surface area contributed by atoms with Crippen LogP contribution in [-0.4, -0.2) is 15.5 Å². The molecular weight excluding hydrogens is 337 g/mol.